The number of benzene rings is 3. The Morgan fingerprint density at radius 2 is 1.76 bits per heavy atom. The summed E-state index contributed by atoms with van der Waals surface area (Å²) < 4.78 is 1.92. The molecule has 33 heavy (non-hydrogen) atoms. The fourth-order valence-electron chi connectivity index (χ4n) is 3.14. The van der Waals surface area contributed by atoms with Gasteiger partial charge in [0.2, 0.25) is 0 Å². The lowest BCUT2D eigenvalue weighted by Gasteiger charge is -2.10. The lowest BCUT2D eigenvalue weighted by molar-refractivity contribution is -0.118. The van der Waals surface area contributed by atoms with Gasteiger partial charge in [-0.1, -0.05) is 84.9 Å². The van der Waals surface area contributed by atoms with Crippen molar-refractivity contribution in [2.45, 2.75) is 18.5 Å². The van der Waals surface area contributed by atoms with Gasteiger partial charge in [0.1, 0.15) is 0 Å². The molecule has 6 nitrogen and oxygen atoms in total. The van der Waals surface area contributed by atoms with Crippen LogP contribution in [0.3, 0.4) is 0 Å². The Morgan fingerprint density at radius 1 is 1.03 bits per heavy atom. The Balaban J connectivity index is 1.47. The van der Waals surface area contributed by atoms with E-state index in [1.165, 1.54) is 17.3 Å². The van der Waals surface area contributed by atoms with Crippen LogP contribution in [0.1, 0.15) is 18.1 Å². The number of halogens is 1. The third-order valence-electron chi connectivity index (χ3n) is 4.87. The predicted octanol–water partition coefficient (Wildman–Crippen LogP) is 5.39. The lowest BCUT2D eigenvalue weighted by atomic mass is 10.1. The number of amides is 1. The number of hydrogen-bond donors (Lipinski definition) is 1. The molecule has 0 radical (unpaired) electrons. The van der Waals surface area contributed by atoms with Crippen LogP contribution in [0.2, 0.25) is 5.02 Å². The van der Waals surface area contributed by atoms with E-state index in [0.29, 0.717) is 16.0 Å². The van der Waals surface area contributed by atoms with Crippen LogP contribution in [0.15, 0.2) is 89.1 Å². The maximum absolute atomic E-state index is 12.4. The Kier molecular flexibility index (Phi) is 7.55. The Morgan fingerprint density at radius 3 is 2.45 bits per heavy atom. The van der Waals surface area contributed by atoms with Crippen LogP contribution in [0, 0.1) is 0 Å². The molecule has 8 heteroatoms. The molecule has 0 aliphatic rings. The van der Waals surface area contributed by atoms with E-state index in [4.69, 9.17) is 11.6 Å². The Hall–Kier alpha value is -3.42. The first-order chi connectivity index (χ1) is 16.1. The molecule has 0 fully saturated rings. The minimum Gasteiger partial charge on any atom is -0.272 e. The fraction of sp³-hybridized carbons (Fsp3) is 0.120. The first-order valence-corrected chi connectivity index (χ1v) is 11.8. The summed E-state index contributed by atoms with van der Waals surface area (Å²) in [6, 6.07) is 25.3. The molecule has 1 aromatic heterocycles. The molecular formula is C25H22ClN5OS. The Bertz CT molecular complexity index is 1240. The summed E-state index contributed by atoms with van der Waals surface area (Å²) in [5, 5.41) is 14.0. The van der Waals surface area contributed by atoms with Crippen molar-refractivity contribution in [3.8, 4) is 17.1 Å². The highest BCUT2D eigenvalue weighted by atomic mass is 35.5. The van der Waals surface area contributed by atoms with Crippen molar-refractivity contribution in [2.24, 2.45) is 5.10 Å². The number of rotatable bonds is 8. The number of hydrogen-bond acceptors (Lipinski definition) is 5. The second-order valence-electron chi connectivity index (χ2n) is 7.16. The van der Waals surface area contributed by atoms with Gasteiger partial charge in [-0.3, -0.25) is 9.36 Å². The molecule has 0 aliphatic heterocycles. The zero-order valence-corrected chi connectivity index (χ0v) is 19.6. The summed E-state index contributed by atoms with van der Waals surface area (Å²) in [4.78, 5) is 12.4. The molecule has 4 aromatic rings. The number of aryl methyl sites for hydroxylation is 1. The third kappa shape index (κ3) is 5.88. The molecule has 1 amide bonds. The number of carbonyl (C=O) groups excluding carboxylic acids is 1. The monoisotopic (exact) mass is 475 g/mol. The highest BCUT2D eigenvalue weighted by Crippen LogP contribution is 2.28. The molecule has 1 heterocycles. The van der Waals surface area contributed by atoms with Gasteiger partial charge < -0.3 is 0 Å². The maximum atomic E-state index is 12.4. The number of aromatic nitrogens is 3. The van der Waals surface area contributed by atoms with Crippen molar-refractivity contribution in [3.63, 3.8) is 0 Å². The van der Waals surface area contributed by atoms with Crippen LogP contribution in [0.25, 0.3) is 17.1 Å². The molecule has 0 bridgehead atoms. The largest absolute Gasteiger partial charge is 0.272 e. The van der Waals surface area contributed by atoms with Gasteiger partial charge in [-0.15, -0.1) is 10.2 Å². The van der Waals surface area contributed by atoms with Crippen molar-refractivity contribution in [2.75, 3.05) is 5.75 Å². The van der Waals surface area contributed by atoms with Crippen molar-refractivity contribution in [1.82, 2.24) is 20.2 Å². The van der Waals surface area contributed by atoms with E-state index in [1.807, 2.05) is 83.4 Å². The molecular weight excluding hydrogens is 454 g/mol. The van der Waals surface area contributed by atoms with Gasteiger partial charge in [0, 0.05) is 16.3 Å². The van der Waals surface area contributed by atoms with Crippen LogP contribution in [0.5, 0.6) is 0 Å². The normalized spacial score (nSPS) is 11.1. The van der Waals surface area contributed by atoms with Gasteiger partial charge in [0.05, 0.1) is 12.0 Å². The molecule has 3 aromatic carbocycles. The molecule has 4 rings (SSSR count). The first kappa shape index (κ1) is 22.8. The van der Waals surface area contributed by atoms with Crippen LogP contribution in [-0.4, -0.2) is 32.6 Å². The third-order valence-corrected chi connectivity index (χ3v) is 6.05. The van der Waals surface area contributed by atoms with Crippen LogP contribution in [-0.2, 0) is 11.2 Å². The molecule has 0 atom stereocenters. The van der Waals surface area contributed by atoms with Crippen molar-refractivity contribution in [3.05, 3.63) is 95.0 Å². The summed E-state index contributed by atoms with van der Waals surface area (Å²) in [5.41, 5.74) is 6.54. The summed E-state index contributed by atoms with van der Waals surface area (Å²) in [7, 11) is 0. The molecule has 0 aliphatic carbocycles. The lowest BCUT2D eigenvalue weighted by Crippen LogP contribution is -2.20. The van der Waals surface area contributed by atoms with Crippen molar-refractivity contribution >= 4 is 35.5 Å². The minimum absolute atomic E-state index is 0.145. The average Bonchev–Trinajstić information content (AvgIpc) is 3.28. The summed E-state index contributed by atoms with van der Waals surface area (Å²) in [6.45, 7) is 2.11. The smallest absolute Gasteiger partial charge is 0.250 e. The minimum atomic E-state index is -0.228. The van der Waals surface area contributed by atoms with Crippen molar-refractivity contribution in [1.29, 1.82) is 0 Å². The van der Waals surface area contributed by atoms with Gasteiger partial charge in [-0.25, -0.2) is 5.43 Å². The van der Waals surface area contributed by atoms with E-state index in [9.17, 15) is 4.79 Å². The predicted molar refractivity (Wildman–Crippen MR) is 134 cm³/mol. The van der Waals surface area contributed by atoms with E-state index in [-0.39, 0.29) is 11.7 Å². The first-order valence-electron chi connectivity index (χ1n) is 10.4. The summed E-state index contributed by atoms with van der Waals surface area (Å²) >= 11 is 7.36. The van der Waals surface area contributed by atoms with E-state index >= 15 is 0 Å². The molecule has 166 valence electrons. The maximum Gasteiger partial charge on any atom is 0.250 e. The van der Waals surface area contributed by atoms with E-state index < -0.39 is 0 Å². The molecule has 0 saturated carbocycles. The number of thioether (sulfide) groups is 1. The second-order valence-corrected chi connectivity index (χ2v) is 8.54. The van der Waals surface area contributed by atoms with Gasteiger partial charge in [-0.05, 0) is 41.8 Å². The molecule has 0 spiro atoms. The van der Waals surface area contributed by atoms with Crippen LogP contribution in [0.4, 0.5) is 0 Å². The van der Waals surface area contributed by atoms with Crippen molar-refractivity contribution < 1.29 is 4.79 Å². The van der Waals surface area contributed by atoms with Crippen LogP contribution >= 0.6 is 23.4 Å². The van der Waals surface area contributed by atoms with E-state index in [0.717, 1.165) is 23.2 Å². The number of carbonyl (C=O) groups is 1. The highest BCUT2D eigenvalue weighted by Gasteiger charge is 2.17. The van der Waals surface area contributed by atoms with Gasteiger partial charge in [0.25, 0.3) is 5.91 Å². The number of nitrogens with one attached hydrogen (secondary N) is 1. The van der Waals surface area contributed by atoms with Crippen LogP contribution < -0.4 is 5.43 Å². The number of nitrogens with zero attached hydrogens (tertiary/aromatic N) is 4. The zero-order chi connectivity index (χ0) is 23.0. The van der Waals surface area contributed by atoms with E-state index in [1.54, 1.807) is 6.21 Å². The fourth-order valence-corrected chi connectivity index (χ4v) is 4.01. The highest BCUT2D eigenvalue weighted by molar-refractivity contribution is 7.99. The SMILES string of the molecule is CCc1ccc(/C=N\NC(=O)CSc2nnc(-c3ccccc3)n2-c2ccc(Cl)cc2)cc1. The molecule has 0 saturated heterocycles. The number of hydrazone groups is 1. The average molecular weight is 476 g/mol. The Labute approximate surface area is 201 Å². The van der Waals surface area contributed by atoms with Gasteiger partial charge in [-0.2, -0.15) is 5.10 Å². The zero-order valence-electron chi connectivity index (χ0n) is 18.0. The summed E-state index contributed by atoms with van der Waals surface area (Å²) in [6.07, 6.45) is 2.61. The van der Waals surface area contributed by atoms with Gasteiger partial charge >= 0.3 is 0 Å². The quantitative estimate of drug-likeness (QED) is 0.210. The molecule has 1 N–H and O–H groups in total. The van der Waals surface area contributed by atoms with E-state index in [2.05, 4.69) is 27.6 Å². The molecule has 0 unspecified atom stereocenters. The topological polar surface area (TPSA) is 72.2 Å². The van der Waals surface area contributed by atoms with Gasteiger partial charge in [0.15, 0.2) is 11.0 Å². The standard InChI is InChI=1S/C25H22ClN5OS/c1-2-18-8-10-19(11-9-18)16-27-28-23(32)17-33-25-30-29-24(20-6-4-3-5-7-20)31(25)22-14-12-21(26)13-15-22/h3-16H,2,17H2,1H3,(H,28,32)/b27-16-. The summed E-state index contributed by atoms with van der Waals surface area (Å²) in [5.74, 6) is 0.606. The second kappa shape index (κ2) is 10.9.